The molecule has 1 fully saturated rings. The third-order valence-corrected chi connectivity index (χ3v) is 4.26. The van der Waals surface area contributed by atoms with Crippen LogP contribution in [0, 0.1) is 0 Å². The van der Waals surface area contributed by atoms with Crippen molar-refractivity contribution in [1.82, 2.24) is 10.2 Å². The molecule has 1 saturated heterocycles. The molecule has 0 bridgehead atoms. The van der Waals surface area contributed by atoms with Crippen molar-refractivity contribution in [3.63, 3.8) is 0 Å². The van der Waals surface area contributed by atoms with Crippen LogP contribution in [0.2, 0.25) is 0 Å². The van der Waals surface area contributed by atoms with E-state index in [1.165, 1.54) is 24.9 Å². The van der Waals surface area contributed by atoms with Gasteiger partial charge < -0.3 is 10.4 Å². The van der Waals surface area contributed by atoms with E-state index >= 15 is 0 Å². The van der Waals surface area contributed by atoms with Gasteiger partial charge in [0.15, 0.2) is 0 Å². The highest BCUT2D eigenvalue weighted by Crippen LogP contribution is 2.24. The molecule has 1 unspecified atom stereocenters. The Bertz CT molecular complexity index is 397. The maximum Gasteiger partial charge on any atom is 0.129 e. The molecule has 2 N–H and O–H groups in total. The molecule has 1 aromatic rings. The van der Waals surface area contributed by atoms with Crippen LogP contribution in [0.4, 0.5) is 0 Å². The molecule has 1 heterocycles. The lowest BCUT2D eigenvalue weighted by atomic mass is 10.2. The van der Waals surface area contributed by atoms with E-state index in [-0.39, 0.29) is 0 Å². The van der Waals surface area contributed by atoms with E-state index in [1.54, 1.807) is 6.07 Å². The van der Waals surface area contributed by atoms with Crippen LogP contribution >= 0.6 is 15.9 Å². The van der Waals surface area contributed by atoms with Gasteiger partial charge in [-0.05, 0) is 59.6 Å². The summed E-state index contributed by atoms with van der Waals surface area (Å²) < 4.78 is 0.762. The van der Waals surface area contributed by atoms with Crippen molar-refractivity contribution in [2.75, 3.05) is 19.6 Å². The minimum absolute atomic E-state index is 0.298. The van der Waals surface area contributed by atoms with Crippen molar-refractivity contribution in [1.29, 1.82) is 0 Å². The normalized spacial score (nSPS) is 20.4. The number of rotatable bonds is 5. The van der Waals surface area contributed by atoms with E-state index in [9.17, 15) is 5.11 Å². The summed E-state index contributed by atoms with van der Waals surface area (Å²) >= 11 is 3.34. The second kappa shape index (κ2) is 6.55. The van der Waals surface area contributed by atoms with Gasteiger partial charge in [0.2, 0.25) is 0 Å². The Morgan fingerprint density at radius 1 is 1.50 bits per heavy atom. The van der Waals surface area contributed by atoms with E-state index in [2.05, 4.69) is 33.1 Å². The second-order valence-electron chi connectivity index (χ2n) is 4.84. The highest BCUT2D eigenvalue weighted by molar-refractivity contribution is 9.10. The van der Waals surface area contributed by atoms with Crippen LogP contribution in [0.15, 0.2) is 22.7 Å². The molecule has 0 radical (unpaired) electrons. The number of phenolic OH excluding ortho intramolecular Hbond substituents is 1. The molecule has 0 spiro atoms. The van der Waals surface area contributed by atoms with Gasteiger partial charge in [0.25, 0.3) is 0 Å². The maximum atomic E-state index is 9.43. The predicted molar refractivity (Wildman–Crippen MR) is 77.8 cm³/mol. The Morgan fingerprint density at radius 3 is 3.06 bits per heavy atom. The molecule has 1 aliphatic heterocycles. The number of aromatic hydroxyl groups is 1. The van der Waals surface area contributed by atoms with Crippen molar-refractivity contribution >= 4 is 15.9 Å². The second-order valence-corrected chi connectivity index (χ2v) is 5.70. The first kappa shape index (κ1) is 13.8. The molecule has 2 rings (SSSR count). The van der Waals surface area contributed by atoms with Crippen molar-refractivity contribution in [2.45, 2.75) is 32.4 Å². The third kappa shape index (κ3) is 3.46. The Balaban J connectivity index is 1.79. The number of halogens is 1. The van der Waals surface area contributed by atoms with Crippen molar-refractivity contribution in [3.05, 3.63) is 28.2 Å². The minimum atomic E-state index is 0.298. The lowest BCUT2D eigenvalue weighted by molar-refractivity contribution is 0.260. The number of benzene rings is 1. The molecule has 0 amide bonds. The molecule has 0 aromatic heterocycles. The predicted octanol–water partition coefficient (Wildman–Crippen LogP) is 2.73. The Morgan fingerprint density at radius 2 is 2.33 bits per heavy atom. The highest BCUT2D eigenvalue weighted by Gasteiger charge is 2.21. The van der Waals surface area contributed by atoms with Gasteiger partial charge >= 0.3 is 0 Å². The summed E-state index contributed by atoms with van der Waals surface area (Å²) in [5.41, 5.74) is 1.20. The number of likely N-dealkylation sites (N-methyl/N-ethyl adjacent to an activating group) is 1. The topological polar surface area (TPSA) is 35.5 Å². The van der Waals surface area contributed by atoms with Gasteiger partial charge in [0, 0.05) is 19.1 Å². The van der Waals surface area contributed by atoms with Gasteiger partial charge in [-0.2, -0.15) is 0 Å². The molecule has 1 aliphatic rings. The largest absolute Gasteiger partial charge is 0.507 e. The SMILES string of the molecule is CCN1CCCC1CNCc1ccc(O)c(Br)c1. The van der Waals surface area contributed by atoms with E-state index in [4.69, 9.17) is 0 Å². The average molecular weight is 313 g/mol. The standard InChI is InChI=1S/C14H21BrN2O/c1-2-17-7-3-4-12(17)10-16-9-11-5-6-14(18)13(15)8-11/h5-6,8,12,16,18H,2-4,7,9-10H2,1H3. The maximum absolute atomic E-state index is 9.43. The molecule has 1 atom stereocenters. The monoisotopic (exact) mass is 312 g/mol. The van der Waals surface area contributed by atoms with Gasteiger partial charge in [-0.3, -0.25) is 4.90 Å². The van der Waals surface area contributed by atoms with Crippen LogP contribution in [0.3, 0.4) is 0 Å². The van der Waals surface area contributed by atoms with Crippen LogP contribution in [0.25, 0.3) is 0 Å². The first-order chi connectivity index (χ1) is 8.70. The number of phenols is 1. The van der Waals surface area contributed by atoms with Gasteiger partial charge in [0.05, 0.1) is 4.47 Å². The smallest absolute Gasteiger partial charge is 0.129 e. The molecule has 4 heteroatoms. The van der Waals surface area contributed by atoms with Crippen molar-refractivity contribution in [3.8, 4) is 5.75 Å². The lowest BCUT2D eigenvalue weighted by Crippen LogP contribution is -2.37. The number of hydrogen-bond acceptors (Lipinski definition) is 3. The summed E-state index contributed by atoms with van der Waals surface area (Å²) in [5, 5.41) is 12.9. The molecule has 0 aliphatic carbocycles. The van der Waals surface area contributed by atoms with E-state index in [0.29, 0.717) is 11.8 Å². The summed E-state index contributed by atoms with van der Waals surface area (Å²) in [7, 11) is 0. The van der Waals surface area contributed by atoms with Gasteiger partial charge in [-0.1, -0.05) is 13.0 Å². The Hall–Kier alpha value is -0.580. The summed E-state index contributed by atoms with van der Waals surface area (Å²) in [4.78, 5) is 2.54. The molecule has 18 heavy (non-hydrogen) atoms. The first-order valence-corrected chi connectivity index (χ1v) is 7.42. The summed E-state index contributed by atoms with van der Waals surface area (Å²) in [6.45, 7) is 6.53. The summed E-state index contributed by atoms with van der Waals surface area (Å²) in [5.74, 6) is 0.298. The molecular weight excluding hydrogens is 292 g/mol. The van der Waals surface area contributed by atoms with Gasteiger partial charge in [-0.25, -0.2) is 0 Å². The number of likely N-dealkylation sites (tertiary alicyclic amines) is 1. The minimum Gasteiger partial charge on any atom is -0.507 e. The number of nitrogens with one attached hydrogen (secondary N) is 1. The summed E-state index contributed by atoms with van der Waals surface area (Å²) in [6.07, 6.45) is 2.63. The van der Waals surface area contributed by atoms with E-state index < -0.39 is 0 Å². The Labute approximate surface area is 117 Å². The fourth-order valence-electron chi connectivity index (χ4n) is 2.59. The zero-order valence-electron chi connectivity index (χ0n) is 10.8. The van der Waals surface area contributed by atoms with E-state index in [1.807, 2.05) is 12.1 Å². The highest BCUT2D eigenvalue weighted by atomic mass is 79.9. The third-order valence-electron chi connectivity index (χ3n) is 3.63. The zero-order chi connectivity index (χ0) is 13.0. The zero-order valence-corrected chi connectivity index (χ0v) is 12.4. The molecule has 0 saturated carbocycles. The van der Waals surface area contributed by atoms with E-state index in [0.717, 1.165) is 24.1 Å². The average Bonchev–Trinajstić information content (AvgIpc) is 2.81. The molecule has 3 nitrogen and oxygen atoms in total. The Kier molecular flexibility index (Phi) is 5.03. The number of nitrogens with zero attached hydrogens (tertiary/aromatic N) is 1. The van der Waals surface area contributed by atoms with Crippen LogP contribution in [0.5, 0.6) is 5.75 Å². The number of hydrogen-bond donors (Lipinski definition) is 2. The first-order valence-electron chi connectivity index (χ1n) is 6.63. The molecule has 1 aromatic carbocycles. The fourth-order valence-corrected chi connectivity index (χ4v) is 3.01. The summed E-state index contributed by atoms with van der Waals surface area (Å²) in [6, 6.07) is 6.35. The van der Waals surface area contributed by atoms with Gasteiger partial charge in [-0.15, -0.1) is 0 Å². The van der Waals surface area contributed by atoms with Crippen molar-refractivity contribution in [2.24, 2.45) is 0 Å². The van der Waals surface area contributed by atoms with Gasteiger partial charge in [0.1, 0.15) is 5.75 Å². The molecule has 100 valence electrons. The fraction of sp³-hybridized carbons (Fsp3) is 0.571. The van der Waals surface area contributed by atoms with Crippen molar-refractivity contribution < 1.29 is 5.11 Å². The van der Waals surface area contributed by atoms with Crippen LogP contribution in [-0.2, 0) is 6.54 Å². The quantitative estimate of drug-likeness (QED) is 0.877. The molecular formula is C14H21BrN2O. The van der Waals surface area contributed by atoms with Crippen LogP contribution < -0.4 is 5.32 Å². The van der Waals surface area contributed by atoms with Crippen LogP contribution in [-0.4, -0.2) is 35.7 Å². The van der Waals surface area contributed by atoms with Crippen LogP contribution in [0.1, 0.15) is 25.3 Å². The lowest BCUT2D eigenvalue weighted by Gasteiger charge is -2.23.